The Morgan fingerprint density at radius 1 is 1.00 bits per heavy atom. The Labute approximate surface area is 91.0 Å². The zero-order valence-corrected chi connectivity index (χ0v) is 9.73. The van der Waals surface area contributed by atoms with Crippen LogP contribution >= 0.6 is 0 Å². The molecule has 2 unspecified atom stereocenters. The van der Waals surface area contributed by atoms with Crippen molar-refractivity contribution in [3.05, 3.63) is 29.3 Å². The molecule has 3 nitrogen and oxygen atoms in total. The van der Waals surface area contributed by atoms with Gasteiger partial charge in [0, 0.05) is 5.69 Å². The molecule has 1 aromatic carbocycles. The highest BCUT2D eigenvalue weighted by atomic mass is 16.3. The van der Waals surface area contributed by atoms with Gasteiger partial charge in [0.25, 0.3) is 0 Å². The Hall–Kier alpha value is -1.06. The number of rotatable bonds is 3. The first-order valence-electron chi connectivity index (χ1n) is 5.15. The van der Waals surface area contributed by atoms with E-state index < -0.39 is 12.5 Å². The van der Waals surface area contributed by atoms with Gasteiger partial charge < -0.3 is 15.1 Å². The van der Waals surface area contributed by atoms with Crippen molar-refractivity contribution in [3.63, 3.8) is 0 Å². The van der Waals surface area contributed by atoms with E-state index in [9.17, 15) is 10.2 Å². The average Bonchev–Trinajstić information content (AvgIpc) is 2.10. The van der Waals surface area contributed by atoms with Crippen LogP contribution in [0.3, 0.4) is 0 Å². The molecule has 3 heteroatoms. The summed E-state index contributed by atoms with van der Waals surface area (Å²) >= 11 is 0. The first-order valence-corrected chi connectivity index (χ1v) is 5.15. The highest BCUT2D eigenvalue weighted by Gasteiger charge is 2.16. The van der Waals surface area contributed by atoms with E-state index in [4.69, 9.17) is 0 Å². The van der Waals surface area contributed by atoms with Crippen LogP contribution < -0.4 is 4.90 Å². The van der Waals surface area contributed by atoms with Gasteiger partial charge in [0.15, 0.2) is 0 Å². The van der Waals surface area contributed by atoms with Crippen molar-refractivity contribution in [1.29, 1.82) is 0 Å². The molecule has 0 aliphatic carbocycles. The molecule has 1 aromatic rings. The van der Waals surface area contributed by atoms with E-state index in [0.29, 0.717) is 0 Å². The third-order valence-electron chi connectivity index (χ3n) is 2.59. The van der Waals surface area contributed by atoms with Gasteiger partial charge in [-0.05, 0) is 51.0 Å². The molecule has 2 N–H and O–H groups in total. The van der Waals surface area contributed by atoms with Crippen LogP contribution in [0.25, 0.3) is 0 Å². The average molecular weight is 209 g/mol. The summed E-state index contributed by atoms with van der Waals surface area (Å²) in [5.74, 6) is 0. The molecule has 2 atom stereocenters. The van der Waals surface area contributed by atoms with Crippen molar-refractivity contribution in [2.75, 3.05) is 4.90 Å². The van der Waals surface area contributed by atoms with Crippen molar-refractivity contribution in [2.24, 2.45) is 0 Å². The minimum absolute atomic E-state index is 0.702. The van der Waals surface area contributed by atoms with Gasteiger partial charge in [0.2, 0.25) is 0 Å². The summed E-state index contributed by atoms with van der Waals surface area (Å²) < 4.78 is 0. The van der Waals surface area contributed by atoms with Crippen LogP contribution in [0.4, 0.5) is 5.69 Å². The molecule has 0 fully saturated rings. The van der Waals surface area contributed by atoms with Gasteiger partial charge in [-0.2, -0.15) is 0 Å². The van der Waals surface area contributed by atoms with Crippen molar-refractivity contribution in [2.45, 2.75) is 40.2 Å². The predicted octanol–water partition coefficient (Wildman–Crippen LogP) is 1.79. The number of anilines is 1. The van der Waals surface area contributed by atoms with Crippen molar-refractivity contribution >= 4 is 5.69 Å². The molecule has 0 amide bonds. The molecule has 1 rings (SSSR count). The van der Waals surface area contributed by atoms with Crippen LogP contribution in [-0.4, -0.2) is 22.7 Å². The monoisotopic (exact) mass is 209 g/mol. The maximum absolute atomic E-state index is 9.56. The summed E-state index contributed by atoms with van der Waals surface area (Å²) in [5.41, 5.74) is 3.19. The summed E-state index contributed by atoms with van der Waals surface area (Å²) in [7, 11) is 0. The van der Waals surface area contributed by atoms with Crippen LogP contribution in [0, 0.1) is 13.8 Å². The number of aryl methyl sites for hydroxylation is 2. The fourth-order valence-electron chi connectivity index (χ4n) is 1.63. The molecule has 15 heavy (non-hydrogen) atoms. The van der Waals surface area contributed by atoms with E-state index in [1.807, 2.05) is 32.0 Å². The summed E-state index contributed by atoms with van der Waals surface area (Å²) in [5, 5.41) is 19.1. The van der Waals surface area contributed by atoms with Crippen LogP contribution in [0.1, 0.15) is 25.0 Å². The Kier molecular flexibility index (Phi) is 3.72. The third kappa shape index (κ3) is 2.70. The maximum Gasteiger partial charge on any atom is 0.126 e. The van der Waals surface area contributed by atoms with E-state index in [1.54, 1.807) is 18.7 Å². The molecular formula is C12H19NO2. The minimum Gasteiger partial charge on any atom is -0.374 e. The molecule has 0 spiro atoms. The Balaban J connectivity index is 3.07. The van der Waals surface area contributed by atoms with Crippen LogP contribution in [0.15, 0.2) is 18.2 Å². The molecular weight excluding hydrogens is 190 g/mol. The van der Waals surface area contributed by atoms with Gasteiger partial charge in [0.1, 0.15) is 12.5 Å². The second-order valence-electron chi connectivity index (χ2n) is 3.94. The molecule has 0 saturated heterocycles. The van der Waals surface area contributed by atoms with Gasteiger partial charge in [-0.25, -0.2) is 0 Å². The second kappa shape index (κ2) is 4.64. The fraction of sp³-hybridized carbons (Fsp3) is 0.500. The van der Waals surface area contributed by atoms with Crippen molar-refractivity contribution in [1.82, 2.24) is 0 Å². The highest BCUT2D eigenvalue weighted by molar-refractivity contribution is 5.51. The van der Waals surface area contributed by atoms with E-state index >= 15 is 0 Å². The topological polar surface area (TPSA) is 43.7 Å². The van der Waals surface area contributed by atoms with Crippen LogP contribution in [0.2, 0.25) is 0 Å². The molecule has 0 aliphatic rings. The molecule has 0 aliphatic heterocycles. The number of benzene rings is 1. The van der Waals surface area contributed by atoms with E-state index in [1.165, 1.54) is 5.56 Å². The van der Waals surface area contributed by atoms with Crippen LogP contribution in [-0.2, 0) is 0 Å². The first kappa shape index (κ1) is 12.0. The lowest BCUT2D eigenvalue weighted by molar-refractivity contribution is 0.105. The molecule has 84 valence electrons. The molecule has 0 heterocycles. The van der Waals surface area contributed by atoms with E-state index in [0.717, 1.165) is 11.3 Å². The van der Waals surface area contributed by atoms with E-state index in [-0.39, 0.29) is 0 Å². The Morgan fingerprint density at radius 3 is 1.93 bits per heavy atom. The number of aliphatic hydroxyl groups excluding tert-OH is 2. The predicted molar refractivity (Wildman–Crippen MR) is 61.8 cm³/mol. The second-order valence-corrected chi connectivity index (χ2v) is 3.94. The molecule has 0 saturated carbocycles. The summed E-state index contributed by atoms with van der Waals surface area (Å²) in [6.45, 7) is 7.33. The smallest absolute Gasteiger partial charge is 0.126 e. The summed E-state index contributed by atoms with van der Waals surface area (Å²) in [4.78, 5) is 1.56. The zero-order valence-electron chi connectivity index (χ0n) is 9.73. The first-order chi connectivity index (χ1) is 6.93. The molecule has 0 bridgehead atoms. The summed E-state index contributed by atoms with van der Waals surface area (Å²) in [6, 6.07) is 5.86. The van der Waals surface area contributed by atoms with Crippen LogP contribution in [0.5, 0.6) is 0 Å². The van der Waals surface area contributed by atoms with Gasteiger partial charge in [0.05, 0.1) is 0 Å². The van der Waals surface area contributed by atoms with Gasteiger partial charge in [-0.1, -0.05) is 6.07 Å². The maximum atomic E-state index is 9.56. The highest BCUT2D eigenvalue weighted by Crippen LogP contribution is 2.21. The van der Waals surface area contributed by atoms with Gasteiger partial charge in [-0.15, -0.1) is 0 Å². The Morgan fingerprint density at radius 2 is 1.53 bits per heavy atom. The van der Waals surface area contributed by atoms with Gasteiger partial charge in [-0.3, -0.25) is 0 Å². The standard InChI is InChI=1S/C12H19NO2/c1-8-5-6-12(7-9(8)2)13(10(3)14)11(4)15/h5-7,10-11,14-15H,1-4H3. The third-order valence-corrected chi connectivity index (χ3v) is 2.59. The number of nitrogens with zero attached hydrogens (tertiary/aromatic N) is 1. The number of aliphatic hydroxyl groups is 2. The largest absolute Gasteiger partial charge is 0.374 e. The van der Waals surface area contributed by atoms with Crippen molar-refractivity contribution in [3.8, 4) is 0 Å². The minimum atomic E-state index is -0.702. The lowest BCUT2D eigenvalue weighted by Crippen LogP contribution is -2.40. The molecule has 0 radical (unpaired) electrons. The van der Waals surface area contributed by atoms with Crippen molar-refractivity contribution < 1.29 is 10.2 Å². The Bertz CT molecular complexity index is 326. The van der Waals surface area contributed by atoms with Gasteiger partial charge >= 0.3 is 0 Å². The SMILES string of the molecule is Cc1ccc(N(C(C)O)C(C)O)cc1C. The number of hydrogen-bond donors (Lipinski definition) is 2. The molecule has 0 aromatic heterocycles. The lowest BCUT2D eigenvalue weighted by atomic mass is 10.1. The fourth-order valence-corrected chi connectivity index (χ4v) is 1.63. The summed E-state index contributed by atoms with van der Waals surface area (Å²) in [6.07, 6.45) is -1.40. The zero-order chi connectivity index (χ0) is 11.6. The van der Waals surface area contributed by atoms with E-state index in [2.05, 4.69) is 0 Å². The quantitative estimate of drug-likeness (QED) is 0.746. The number of hydrogen-bond acceptors (Lipinski definition) is 3. The normalized spacial score (nSPS) is 14.8. The lowest BCUT2D eigenvalue weighted by Gasteiger charge is -2.30.